The maximum Gasteiger partial charge on any atom is 0.337 e. The average molecular weight is 272 g/mol. The number of halogens is 1. The number of aliphatic carboxylic acids is 1. The van der Waals surface area contributed by atoms with Crippen molar-refractivity contribution in [3.8, 4) is 0 Å². The molecular formula is C12H14ClNO4. The average Bonchev–Trinajstić information content (AvgIpc) is 2.32. The standard InChI is InChI=1S/C12H14ClNO4/c1-7-5-8(12(17)18-2)6-9(11(7)13)14-4-3-10(15)16/h5-6,14H,3-4H2,1-2H3,(H,15,16). The van der Waals surface area contributed by atoms with Crippen LogP contribution < -0.4 is 5.32 Å². The number of aryl methyl sites for hydroxylation is 1. The zero-order valence-electron chi connectivity index (χ0n) is 10.1. The molecular weight excluding hydrogens is 258 g/mol. The van der Waals surface area contributed by atoms with Crippen molar-refractivity contribution >= 4 is 29.2 Å². The highest BCUT2D eigenvalue weighted by molar-refractivity contribution is 6.34. The van der Waals surface area contributed by atoms with Gasteiger partial charge in [0.05, 0.1) is 29.8 Å². The summed E-state index contributed by atoms with van der Waals surface area (Å²) in [5, 5.41) is 11.9. The Balaban J connectivity index is 2.92. The number of carbonyl (C=O) groups excluding carboxylic acids is 1. The zero-order valence-corrected chi connectivity index (χ0v) is 10.9. The number of methoxy groups -OCH3 is 1. The van der Waals surface area contributed by atoms with Crippen molar-refractivity contribution in [3.63, 3.8) is 0 Å². The smallest absolute Gasteiger partial charge is 0.337 e. The van der Waals surface area contributed by atoms with Crippen molar-refractivity contribution < 1.29 is 19.4 Å². The van der Waals surface area contributed by atoms with Gasteiger partial charge in [-0.05, 0) is 24.6 Å². The topological polar surface area (TPSA) is 75.6 Å². The summed E-state index contributed by atoms with van der Waals surface area (Å²) in [6, 6.07) is 3.17. The Morgan fingerprint density at radius 2 is 2.11 bits per heavy atom. The fourth-order valence-electron chi connectivity index (χ4n) is 1.44. The molecule has 98 valence electrons. The summed E-state index contributed by atoms with van der Waals surface area (Å²) in [7, 11) is 1.30. The van der Waals surface area contributed by atoms with Crippen LogP contribution in [0, 0.1) is 6.92 Å². The van der Waals surface area contributed by atoms with Gasteiger partial charge in [0.2, 0.25) is 0 Å². The number of carboxylic acid groups (broad SMARTS) is 1. The summed E-state index contributed by atoms with van der Waals surface area (Å²) in [5.41, 5.74) is 1.62. The van der Waals surface area contributed by atoms with Gasteiger partial charge in [-0.1, -0.05) is 11.6 Å². The van der Waals surface area contributed by atoms with Crippen LogP contribution in [0.2, 0.25) is 5.02 Å². The van der Waals surface area contributed by atoms with Gasteiger partial charge in [0, 0.05) is 6.54 Å². The zero-order chi connectivity index (χ0) is 13.7. The molecule has 0 heterocycles. The van der Waals surface area contributed by atoms with Crippen LogP contribution in [0.25, 0.3) is 0 Å². The second kappa shape index (κ2) is 6.26. The molecule has 0 saturated heterocycles. The van der Waals surface area contributed by atoms with Gasteiger partial charge in [-0.15, -0.1) is 0 Å². The first kappa shape index (κ1) is 14.3. The van der Waals surface area contributed by atoms with Crippen LogP contribution in [0.3, 0.4) is 0 Å². The van der Waals surface area contributed by atoms with E-state index < -0.39 is 11.9 Å². The second-order valence-corrected chi connectivity index (χ2v) is 4.09. The molecule has 0 unspecified atom stereocenters. The molecule has 2 N–H and O–H groups in total. The van der Waals surface area contributed by atoms with Crippen LogP contribution in [0.1, 0.15) is 22.3 Å². The Hall–Kier alpha value is -1.75. The Morgan fingerprint density at radius 3 is 2.67 bits per heavy atom. The highest BCUT2D eigenvalue weighted by Crippen LogP contribution is 2.27. The molecule has 0 radical (unpaired) electrons. The minimum Gasteiger partial charge on any atom is -0.481 e. The van der Waals surface area contributed by atoms with E-state index in [1.165, 1.54) is 7.11 Å². The van der Waals surface area contributed by atoms with Crippen molar-refractivity contribution in [1.82, 2.24) is 0 Å². The first-order valence-corrected chi connectivity index (χ1v) is 5.67. The van der Waals surface area contributed by atoms with E-state index >= 15 is 0 Å². The summed E-state index contributed by atoms with van der Waals surface area (Å²) in [5.74, 6) is -1.37. The van der Waals surface area contributed by atoms with Gasteiger partial charge in [-0.3, -0.25) is 4.79 Å². The van der Waals surface area contributed by atoms with Crippen molar-refractivity contribution in [2.75, 3.05) is 19.0 Å². The third-order valence-electron chi connectivity index (χ3n) is 2.33. The third-order valence-corrected chi connectivity index (χ3v) is 2.83. The Morgan fingerprint density at radius 1 is 1.44 bits per heavy atom. The lowest BCUT2D eigenvalue weighted by Gasteiger charge is -2.11. The molecule has 5 nitrogen and oxygen atoms in total. The fourth-order valence-corrected chi connectivity index (χ4v) is 1.61. The van der Waals surface area contributed by atoms with E-state index in [4.69, 9.17) is 16.7 Å². The van der Waals surface area contributed by atoms with Crippen LogP contribution >= 0.6 is 11.6 Å². The molecule has 0 aliphatic carbocycles. The fraction of sp³-hybridized carbons (Fsp3) is 0.333. The molecule has 0 saturated carbocycles. The molecule has 1 aromatic carbocycles. The largest absolute Gasteiger partial charge is 0.481 e. The van der Waals surface area contributed by atoms with Crippen LogP contribution in [0.4, 0.5) is 5.69 Å². The quantitative estimate of drug-likeness (QED) is 0.804. The number of ether oxygens (including phenoxy) is 1. The van der Waals surface area contributed by atoms with Crippen molar-refractivity contribution in [3.05, 3.63) is 28.3 Å². The predicted molar refractivity (Wildman–Crippen MR) is 68.3 cm³/mol. The van der Waals surface area contributed by atoms with E-state index in [2.05, 4.69) is 10.1 Å². The first-order valence-electron chi connectivity index (χ1n) is 5.30. The highest BCUT2D eigenvalue weighted by Gasteiger charge is 2.12. The van der Waals surface area contributed by atoms with E-state index in [0.29, 0.717) is 16.3 Å². The minimum absolute atomic E-state index is 0.0299. The van der Waals surface area contributed by atoms with Crippen LogP contribution in [0.15, 0.2) is 12.1 Å². The maximum atomic E-state index is 11.4. The van der Waals surface area contributed by atoms with Crippen molar-refractivity contribution in [2.45, 2.75) is 13.3 Å². The monoisotopic (exact) mass is 271 g/mol. The molecule has 0 amide bonds. The lowest BCUT2D eigenvalue weighted by atomic mass is 10.1. The number of nitrogens with one attached hydrogen (secondary N) is 1. The normalized spacial score (nSPS) is 9.94. The van der Waals surface area contributed by atoms with Crippen molar-refractivity contribution in [2.24, 2.45) is 0 Å². The molecule has 0 bridgehead atoms. The van der Waals surface area contributed by atoms with E-state index in [-0.39, 0.29) is 13.0 Å². The Bertz CT molecular complexity index is 473. The molecule has 0 aliphatic rings. The SMILES string of the molecule is COC(=O)c1cc(C)c(Cl)c(NCCC(=O)O)c1. The number of esters is 1. The van der Waals surface area contributed by atoms with E-state index in [1.54, 1.807) is 19.1 Å². The van der Waals surface area contributed by atoms with E-state index in [1.807, 2.05) is 0 Å². The lowest BCUT2D eigenvalue weighted by molar-refractivity contribution is -0.136. The molecule has 0 fully saturated rings. The Labute approximate surface area is 110 Å². The van der Waals surface area contributed by atoms with Crippen LogP contribution in [0.5, 0.6) is 0 Å². The molecule has 0 aromatic heterocycles. The number of carboxylic acids is 1. The van der Waals surface area contributed by atoms with E-state index in [0.717, 1.165) is 5.56 Å². The minimum atomic E-state index is -0.903. The third kappa shape index (κ3) is 3.63. The molecule has 1 rings (SSSR count). The van der Waals surface area contributed by atoms with Gasteiger partial charge in [0.15, 0.2) is 0 Å². The van der Waals surface area contributed by atoms with E-state index in [9.17, 15) is 9.59 Å². The number of benzene rings is 1. The number of anilines is 1. The summed E-state index contributed by atoms with van der Waals surface area (Å²) in [6.45, 7) is 2.00. The Kier molecular flexibility index (Phi) is 4.97. The number of carbonyl (C=O) groups is 2. The summed E-state index contributed by atoms with van der Waals surface area (Å²) < 4.78 is 4.62. The number of rotatable bonds is 5. The van der Waals surface area contributed by atoms with Gasteiger partial charge < -0.3 is 15.2 Å². The number of hydrogen-bond donors (Lipinski definition) is 2. The molecule has 0 aliphatic heterocycles. The van der Waals surface area contributed by atoms with Gasteiger partial charge in [0.25, 0.3) is 0 Å². The van der Waals surface area contributed by atoms with Crippen LogP contribution in [-0.4, -0.2) is 30.7 Å². The summed E-state index contributed by atoms with van der Waals surface area (Å²) in [4.78, 5) is 21.8. The van der Waals surface area contributed by atoms with Gasteiger partial charge in [0.1, 0.15) is 0 Å². The number of hydrogen-bond acceptors (Lipinski definition) is 4. The molecule has 18 heavy (non-hydrogen) atoms. The molecule has 6 heteroatoms. The summed E-state index contributed by atoms with van der Waals surface area (Å²) in [6.07, 6.45) is -0.0299. The predicted octanol–water partition coefficient (Wildman–Crippen LogP) is 2.32. The maximum absolute atomic E-state index is 11.4. The highest BCUT2D eigenvalue weighted by atomic mass is 35.5. The summed E-state index contributed by atoms with van der Waals surface area (Å²) >= 11 is 6.07. The first-order chi connectivity index (χ1) is 8.45. The molecule has 0 spiro atoms. The van der Waals surface area contributed by atoms with Gasteiger partial charge in [-0.2, -0.15) is 0 Å². The molecule has 0 atom stereocenters. The van der Waals surface area contributed by atoms with Gasteiger partial charge >= 0.3 is 11.9 Å². The molecule has 1 aromatic rings. The van der Waals surface area contributed by atoms with Crippen molar-refractivity contribution in [1.29, 1.82) is 0 Å². The lowest BCUT2D eigenvalue weighted by Crippen LogP contribution is -2.09. The second-order valence-electron chi connectivity index (χ2n) is 3.72. The van der Waals surface area contributed by atoms with Gasteiger partial charge in [-0.25, -0.2) is 4.79 Å². The van der Waals surface area contributed by atoms with Crippen LogP contribution in [-0.2, 0) is 9.53 Å².